The van der Waals surface area contributed by atoms with E-state index in [0.29, 0.717) is 12.8 Å². The zero-order valence-electron chi connectivity index (χ0n) is 12.5. The second-order valence-electron chi connectivity index (χ2n) is 5.53. The van der Waals surface area contributed by atoms with Crippen molar-refractivity contribution in [2.24, 2.45) is 0 Å². The molecule has 23 heavy (non-hydrogen) atoms. The molecule has 0 radical (unpaired) electrons. The number of non-ortho nitro benzene ring substituents is 1. The number of benzene rings is 2. The van der Waals surface area contributed by atoms with Gasteiger partial charge < -0.3 is 4.90 Å². The Kier molecular flexibility index (Phi) is 4.17. The molecular formula is C17H15BrN2O3. The Morgan fingerprint density at radius 3 is 2.65 bits per heavy atom. The van der Waals surface area contributed by atoms with E-state index in [1.807, 2.05) is 31.2 Å². The second-order valence-corrected chi connectivity index (χ2v) is 6.39. The third-order valence-corrected chi connectivity index (χ3v) is 4.88. The first-order chi connectivity index (χ1) is 11.0. The van der Waals surface area contributed by atoms with E-state index in [1.165, 1.54) is 6.07 Å². The molecule has 118 valence electrons. The fourth-order valence-corrected chi connectivity index (χ4v) is 3.61. The van der Waals surface area contributed by atoms with E-state index in [0.717, 1.165) is 21.3 Å². The van der Waals surface area contributed by atoms with Gasteiger partial charge in [-0.05, 0) is 36.6 Å². The molecule has 0 fully saturated rings. The fraction of sp³-hybridized carbons (Fsp3) is 0.235. The predicted octanol–water partition coefficient (Wildman–Crippen LogP) is 4.40. The number of nitro groups is 1. The summed E-state index contributed by atoms with van der Waals surface area (Å²) >= 11 is 3.53. The Morgan fingerprint density at radius 2 is 1.96 bits per heavy atom. The Morgan fingerprint density at radius 1 is 1.22 bits per heavy atom. The van der Waals surface area contributed by atoms with Crippen molar-refractivity contribution in [3.63, 3.8) is 0 Å². The molecule has 0 spiro atoms. The number of fused-ring (bicyclic) bond motifs is 1. The number of nitro benzene ring substituents is 1. The van der Waals surface area contributed by atoms with E-state index >= 15 is 0 Å². The number of nitrogens with zero attached hydrogens (tertiary/aromatic N) is 2. The lowest BCUT2D eigenvalue weighted by atomic mass is 9.96. The Bertz CT molecular complexity index is 791. The van der Waals surface area contributed by atoms with Crippen molar-refractivity contribution in [3.05, 3.63) is 68.2 Å². The van der Waals surface area contributed by atoms with Gasteiger partial charge in [0.25, 0.3) is 5.69 Å². The van der Waals surface area contributed by atoms with Gasteiger partial charge in [-0.25, -0.2) is 0 Å². The van der Waals surface area contributed by atoms with Crippen molar-refractivity contribution in [3.8, 4) is 0 Å². The van der Waals surface area contributed by atoms with Crippen LogP contribution in [0.5, 0.6) is 0 Å². The molecule has 0 unspecified atom stereocenters. The molecule has 2 aromatic rings. The van der Waals surface area contributed by atoms with Gasteiger partial charge in [0.2, 0.25) is 5.91 Å². The summed E-state index contributed by atoms with van der Waals surface area (Å²) in [6.07, 6.45) is 0.901. The first kappa shape index (κ1) is 15.7. The number of amides is 1. The molecule has 0 saturated heterocycles. The van der Waals surface area contributed by atoms with E-state index in [4.69, 9.17) is 0 Å². The van der Waals surface area contributed by atoms with Crippen molar-refractivity contribution in [2.75, 3.05) is 4.90 Å². The summed E-state index contributed by atoms with van der Waals surface area (Å²) in [6.45, 7) is 1.97. The Balaban J connectivity index is 2.05. The van der Waals surface area contributed by atoms with E-state index in [-0.39, 0.29) is 17.6 Å². The molecular weight excluding hydrogens is 360 g/mol. The summed E-state index contributed by atoms with van der Waals surface area (Å²) in [4.78, 5) is 24.8. The highest BCUT2D eigenvalue weighted by molar-refractivity contribution is 9.10. The molecule has 1 amide bonds. The van der Waals surface area contributed by atoms with Crippen LogP contribution < -0.4 is 4.90 Å². The molecule has 1 atom stereocenters. The third-order valence-electron chi connectivity index (χ3n) is 4.15. The van der Waals surface area contributed by atoms with E-state index < -0.39 is 4.92 Å². The van der Waals surface area contributed by atoms with E-state index in [1.54, 1.807) is 17.0 Å². The van der Waals surface area contributed by atoms with Gasteiger partial charge >= 0.3 is 0 Å². The second kappa shape index (κ2) is 6.12. The van der Waals surface area contributed by atoms with Gasteiger partial charge in [0.1, 0.15) is 0 Å². The lowest BCUT2D eigenvalue weighted by Gasteiger charge is -2.35. The van der Waals surface area contributed by atoms with Gasteiger partial charge in [-0.15, -0.1) is 0 Å². The van der Waals surface area contributed by atoms with Crippen LogP contribution in [0.15, 0.2) is 46.9 Å². The number of halogens is 1. The lowest BCUT2D eigenvalue weighted by molar-refractivity contribution is -0.384. The normalized spacial score (nSPS) is 15.2. The minimum absolute atomic E-state index is 0.0367. The highest BCUT2D eigenvalue weighted by Crippen LogP contribution is 2.38. The van der Waals surface area contributed by atoms with Gasteiger partial charge in [0.05, 0.1) is 11.0 Å². The smallest absolute Gasteiger partial charge is 0.269 e. The van der Waals surface area contributed by atoms with Crippen LogP contribution in [0.3, 0.4) is 0 Å². The average molecular weight is 375 g/mol. The van der Waals surface area contributed by atoms with Gasteiger partial charge in [0.15, 0.2) is 0 Å². The summed E-state index contributed by atoms with van der Waals surface area (Å²) < 4.78 is 0.939. The van der Waals surface area contributed by atoms with Gasteiger partial charge in [0, 0.05) is 28.7 Å². The molecule has 0 saturated carbocycles. The van der Waals surface area contributed by atoms with E-state index in [9.17, 15) is 14.9 Å². The van der Waals surface area contributed by atoms with Crippen LogP contribution in [0.1, 0.15) is 30.5 Å². The SMILES string of the molecule is C[C@@H](c1ccccc1Br)N1C(=O)CCc2cc([N+](=O)[O-])ccc21. The van der Waals surface area contributed by atoms with Crippen LogP contribution in [0, 0.1) is 10.1 Å². The molecule has 3 rings (SSSR count). The van der Waals surface area contributed by atoms with E-state index in [2.05, 4.69) is 15.9 Å². The van der Waals surface area contributed by atoms with Crippen molar-refractivity contribution in [2.45, 2.75) is 25.8 Å². The van der Waals surface area contributed by atoms with Crippen molar-refractivity contribution < 1.29 is 9.72 Å². The van der Waals surface area contributed by atoms with Crippen molar-refractivity contribution >= 4 is 33.2 Å². The number of rotatable bonds is 3. The molecule has 0 N–H and O–H groups in total. The van der Waals surface area contributed by atoms with Gasteiger partial charge in [-0.3, -0.25) is 14.9 Å². The quantitative estimate of drug-likeness (QED) is 0.590. The Labute approximate surface area is 142 Å². The Hall–Kier alpha value is -2.21. The molecule has 5 nitrogen and oxygen atoms in total. The van der Waals surface area contributed by atoms with Crippen LogP contribution >= 0.6 is 15.9 Å². The number of hydrogen-bond acceptors (Lipinski definition) is 3. The monoisotopic (exact) mass is 374 g/mol. The van der Waals surface area contributed by atoms with Crippen LogP contribution in [-0.4, -0.2) is 10.8 Å². The largest absolute Gasteiger partial charge is 0.305 e. The summed E-state index contributed by atoms with van der Waals surface area (Å²) in [7, 11) is 0. The highest BCUT2D eigenvalue weighted by Gasteiger charge is 2.30. The van der Waals surface area contributed by atoms with Crippen LogP contribution in [0.2, 0.25) is 0 Å². The molecule has 0 aromatic heterocycles. The molecule has 1 heterocycles. The van der Waals surface area contributed by atoms with Crippen LogP contribution in [0.25, 0.3) is 0 Å². The first-order valence-corrected chi connectivity index (χ1v) is 8.12. The van der Waals surface area contributed by atoms with Gasteiger partial charge in [-0.2, -0.15) is 0 Å². The lowest BCUT2D eigenvalue weighted by Crippen LogP contribution is -2.37. The maximum atomic E-state index is 12.5. The summed E-state index contributed by atoms with van der Waals surface area (Å²) in [5.41, 5.74) is 2.67. The zero-order chi connectivity index (χ0) is 16.6. The first-order valence-electron chi connectivity index (χ1n) is 7.33. The number of aryl methyl sites for hydroxylation is 1. The van der Waals surface area contributed by atoms with Gasteiger partial charge in [-0.1, -0.05) is 34.1 Å². The zero-order valence-corrected chi connectivity index (χ0v) is 14.1. The third kappa shape index (κ3) is 2.86. The average Bonchev–Trinajstić information content (AvgIpc) is 2.54. The minimum atomic E-state index is -0.405. The van der Waals surface area contributed by atoms with Crippen LogP contribution in [-0.2, 0) is 11.2 Å². The molecule has 1 aliphatic heterocycles. The number of hydrogen-bond donors (Lipinski definition) is 0. The molecule has 6 heteroatoms. The standard InChI is InChI=1S/C17H15BrN2O3/c1-11(14-4-2-3-5-15(14)18)19-16-8-7-13(20(22)23)10-12(16)6-9-17(19)21/h2-5,7-8,10-11H,6,9H2,1H3/t11-/m0/s1. The summed E-state index contributed by atoms with van der Waals surface area (Å²) in [6, 6.07) is 12.3. The van der Waals surface area contributed by atoms with Crippen molar-refractivity contribution in [1.82, 2.24) is 0 Å². The summed E-state index contributed by atoms with van der Waals surface area (Å²) in [5.74, 6) is 0.0367. The molecule has 1 aliphatic rings. The van der Waals surface area contributed by atoms with Crippen molar-refractivity contribution in [1.29, 1.82) is 0 Å². The molecule has 2 aromatic carbocycles. The maximum absolute atomic E-state index is 12.5. The maximum Gasteiger partial charge on any atom is 0.269 e. The number of carbonyl (C=O) groups is 1. The number of carbonyl (C=O) groups excluding carboxylic acids is 1. The highest BCUT2D eigenvalue weighted by atomic mass is 79.9. The predicted molar refractivity (Wildman–Crippen MR) is 91.5 cm³/mol. The minimum Gasteiger partial charge on any atom is -0.305 e. The fourth-order valence-electron chi connectivity index (χ4n) is 2.99. The van der Waals surface area contributed by atoms with Crippen LogP contribution in [0.4, 0.5) is 11.4 Å². The summed E-state index contributed by atoms with van der Waals surface area (Å²) in [5, 5.41) is 11.0. The topological polar surface area (TPSA) is 63.5 Å². The molecule has 0 aliphatic carbocycles. The number of anilines is 1. The molecule has 0 bridgehead atoms.